The van der Waals surface area contributed by atoms with E-state index in [9.17, 15) is 28.9 Å². The molecule has 80 heavy (non-hydrogen) atoms. The minimum absolute atomic E-state index is 0.113. The zero-order chi connectivity index (χ0) is 58.3. The lowest BCUT2D eigenvalue weighted by molar-refractivity contribution is -0.161. The van der Waals surface area contributed by atoms with E-state index in [1.807, 2.05) is 0 Å². The highest BCUT2D eigenvalue weighted by atomic mass is 31.2. The van der Waals surface area contributed by atoms with Gasteiger partial charge in [0.15, 0.2) is 6.10 Å². The summed E-state index contributed by atoms with van der Waals surface area (Å²) in [6.07, 6.45) is 79.1. The quantitative estimate of drug-likeness (QED) is 0.0197. The molecule has 0 saturated carbocycles. The van der Waals surface area contributed by atoms with Crippen molar-refractivity contribution in [3.63, 3.8) is 0 Å². The van der Waals surface area contributed by atoms with E-state index in [1.165, 1.54) is 0 Å². The molecule has 0 aromatic rings. The molecular weight excluding hydrogens is 1020 g/mol. The number of carbonyl (C=O) groups is 3. The molecule has 11 nitrogen and oxygen atoms in total. The molecular formula is C68H107O11P. The van der Waals surface area contributed by atoms with Gasteiger partial charge in [0.05, 0.1) is 19.8 Å². The van der Waals surface area contributed by atoms with Gasteiger partial charge >= 0.3 is 25.7 Å². The summed E-state index contributed by atoms with van der Waals surface area (Å²) in [5.41, 5.74) is 0. The van der Waals surface area contributed by atoms with Gasteiger partial charge in [-0.25, -0.2) is 4.57 Å². The predicted octanol–water partition coefficient (Wildman–Crippen LogP) is 18.5. The zero-order valence-electron chi connectivity index (χ0n) is 49.7. The standard InChI is InChI=1S/C68H107O11P/c1-4-7-10-13-16-19-22-25-28-30-32-34-37-39-42-45-48-51-54-57-66(70)75-61-65(79-68(72)59-56-53-50-47-44-41-38-35-33-31-29-26-23-20-17-14-11-8-5-2)63-77-80(73,74)76-62-64(60-69)78-67(71)58-55-52-49-46-43-40-36-27-24-21-18-15-12-9-6-3/h7-12,16-21,25-29,32-36,39,42-43,46,64-65,69H,4-6,13-15,22-24,30-31,37-38,40-41,44-45,47-63H2,1-3H3,(H,73,74)/b10-7-,11-8-,12-9-,19-16-,20-17-,21-18-,28-25-,29-26-,34-32-,35-33-,36-27-,42-39-,46-43-. The molecule has 3 atom stereocenters. The molecule has 0 heterocycles. The van der Waals surface area contributed by atoms with Crippen molar-refractivity contribution in [3.8, 4) is 0 Å². The number of phosphoric acid groups is 1. The van der Waals surface area contributed by atoms with E-state index in [0.29, 0.717) is 19.3 Å². The van der Waals surface area contributed by atoms with Gasteiger partial charge in [-0.2, -0.15) is 0 Å². The van der Waals surface area contributed by atoms with Crippen LogP contribution in [0.4, 0.5) is 0 Å². The smallest absolute Gasteiger partial charge is 0.462 e. The molecule has 3 unspecified atom stereocenters. The number of ether oxygens (including phenoxy) is 3. The minimum atomic E-state index is -4.79. The molecule has 0 rings (SSSR count). The number of rotatable bonds is 54. The van der Waals surface area contributed by atoms with Gasteiger partial charge in [-0.1, -0.05) is 211 Å². The van der Waals surface area contributed by atoms with Gasteiger partial charge in [0, 0.05) is 19.3 Å². The number of aliphatic hydroxyl groups is 1. The van der Waals surface area contributed by atoms with E-state index in [0.717, 1.165) is 154 Å². The van der Waals surface area contributed by atoms with Gasteiger partial charge in [0.25, 0.3) is 0 Å². The van der Waals surface area contributed by atoms with Gasteiger partial charge in [-0.15, -0.1) is 0 Å². The molecule has 0 radical (unpaired) electrons. The number of phosphoric ester groups is 1. The van der Waals surface area contributed by atoms with Crippen LogP contribution in [-0.2, 0) is 42.2 Å². The summed E-state index contributed by atoms with van der Waals surface area (Å²) in [6.45, 7) is 4.18. The maximum Gasteiger partial charge on any atom is 0.472 e. The fourth-order valence-corrected chi connectivity index (χ4v) is 8.21. The average Bonchev–Trinajstić information content (AvgIpc) is 3.45. The number of allylic oxidation sites excluding steroid dienone is 26. The Morgan fingerprint density at radius 2 is 0.613 bits per heavy atom. The van der Waals surface area contributed by atoms with Crippen molar-refractivity contribution in [3.05, 3.63) is 158 Å². The Kier molecular flexibility index (Phi) is 56.5. The van der Waals surface area contributed by atoms with E-state index in [-0.39, 0.29) is 25.9 Å². The van der Waals surface area contributed by atoms with Crippen LogP contribution in [0.25, 0.3) is 0 Å². The molecule has 0 fully saturated rings. The van der Waals surface area contributed by atoms with Crippen molar-refractivity contribution in [1.82, 2.24) is 0 Å². The van der Waals surface area contributed by atoms with E-state index in [1.54, 1.807) is 0 Å². The monoisotopic (exact) mass is 1130 g/mol. The van der Waals surface area contributed by atoms with Gasteiger partial charge in [-0.3, -0.25) is 23.4 Å². The van der Waals surface area contributed by atoms with Crippen molar-refractivity contribution in [2.24, 2.45) is 0 Å². The van der Waals surface area contributed by atoms with Crippen LogP contribution in [0.15, 0.2) is 158 Å². The summed E-state index contributed by atoms with van der Waals surface area (Å²) in [5, 5.41) is 9.83. The lowest BCUT2D eigenvalue weighted by atomic mass is 10.1. The topological polar surface area (TPSA) is 155 Å². The van der Waals surface area contributed by atoms with Crippen LogP contribution in [-0.4, -0.2) is 66.5 Å². The molecule has 450 valence electrons. The predicted molar refractivity (Wildman–Crippen MR) is 334 cm³/mol. The number of hydrogen-bond acceptors (Lipinski definition) is 10. The van der Waals surface area contributed by atoms with Crippen molar-refractivity contribution in [2.75, 3.05) is 26.4 Å². The number of unbranched alkanes of at least 4 members (excludes halogenated alkanes) is 11. The minimum Gasteiger partial charge on any atom is -0.462 e. The fourth-order valence-electron chi connectivity index (χ4n) is 7.42. The summed E-state index contributed by atoms with van der Waals surface area (Å²) in [4.78, 5) is 48.7. The van der Waals surface area contributed by atoms with E-state index in [2.05, 4.69) is 179 Å². The van der Waals surface area contributed by atoms with Gasteiger partial charge in [0.1, 0.15) is 12.7 Å². The normalized spacial score (nSPS) is 14.4. The maximum atomic E-state index is 12.9. The molecule has 0 aliphatic carbocycles. The van der Waals surface area contributed by atoms with Gasteiger partial charge < -0.3 is 24.2 Å². The molecule has 0 saturated heterocycles. The summed E-state index contributed by atoms with van der Waals surface area (Å²) >= 11 is 0. The number of aliphatic hydroxyl groups excluding tert-OH is 1. The second kappa shape index (κ2) is 60.2. The van der Waals surface area contributed by atoms with E-state index < -0.39 is 57.8 Å². The molecule has 0 spiro atoms. The van der Waals surface area contributed by atoms with Gasteiger partial charge in [0.2, 0.25) is 0 Å². The first-order chi connectivity index (χ1) is 39.2. The van der Waals surface area contributed by atoms with Crippen LogP contribution >= 0.6 is 7.82 Å². The highest BCUT2D eigenvalue weighted by Crippen LogP contribution is 2.43. The van der Waals surface area contributed by atoms with Crippen molar-refractivity contribution in [2.45, 2.75) is 226 Å². The third kappa shape index (κ3) is 57.8. The van der Waals surface area contributed by atoms with E-state index >= 15 is 0 Å². The Balaban J connectivity index is 4.88. The highest BCUT2D eigenvalue weighted by Gasteiger charge is 2.28. The van der Waals surface area contributed by atoms with Crippen LogP contribution in [0.1, 0.15) is 213 Å². The Bertz CT molecular complexity index is 1950. The molecule has 0 aromatic heterocycles. The number of hydrogen-bond donors (Lipinski definition) is 2. The Morgan fingerprint density at radius 3 is 0.975 bits per heavy atom. The molecule has 0 aromatic carbocycles. The highest BCUT2D eigenvalue weighted by molar-refractivity contribution is 7.47. The van der Waals surface area contributed by atoms with Crippen LogP contribution in [0.5, 0.6) is 0 Å². The molecule has 0 bridgehead atoms. The lowest BCUT2D eigenvalue weighted by Crippen LogP contribution is -2.30. The third-order valence-electron chi connectivity index (χ3n) is 11.9. The maximum absolute atomic E-state index is 12.9. The van der Waals surface area contributed by atoms with E-state index in [4.69, 9.17) is 23.3 Å². The molecule has 2 N–H and O–H groups in total. The first-order valence-electron chi connectivity index (χ1n) is 30.4. The zero-order valence-corrected chi connectivity index (χ0v) is 50.6. The summed E-state index contributed by atoms with van der Waals surface area (Å²) in [7, 11) is -4.79. The Hall–Kier alpha value is -4.90. The first kappa shape index (κ1) is 75.1. The SMILES string of the molecule is CC/C=C\C/C=C\C/C=C\C/C=C\C/C=C\CCCCCC(=O)OCC(COP(=O)(O)OCC(CO)OC(=O)CCCC/C=C\C/C=C\C/C=C\C/C=C\CC)OC(=O)CCCCCCCC/C=C\C/C=C\C/C=C\C/C=C\CC. The molecule has 0 aliphatic rings. The van der Waals surface area contributed by atoms with Gasteiger partial charge in [-0.05, 0) is 141 Å². The summed E-state index contributed by atoms with van der Waals surface area (Å²) in [5.74, 6) is -1.58. The average molecular weight is 1130 g/mol. The second-order valence-corrected chi connectivity index (χ2v) is 20.8. The van der Waals surface area contributed by atoms with Crippen molar-refractivity contribution in [1.29, 1.82) is 0 Å². The largest absolute Gasteiger partial charge is 0.472 e. The Labute approximate surface area is 485 Å². The number of esters is 3. The van der Waals surface area contributed by atoms with Crippen LogP contribution in [0.3, 0.4) is 0 Å². The van der Waals surface area contributed by atoms with Crippen molar-refractivity contribution >= 4 is 25.7 Å². The second-order valence-electron chi connectivity index (χ2n) is 19.4. The van der Waals surface area contributed by atoms with Crippen molar-refractivity contribution < 1.29 is 52.2 Å². The molecule has 0 amide bonds. The fraction of sp³-hybridized carbons (Fsp3) is 0.574. The molecule has 12 heteroatoms. The third-order valence-corrected chi connectivity index (χ3v) is 12.9. The molecule has 0 aliphatic heterocycles. The Morgan fingerprint density at radius 1 is 0.350 bits per heavy atom. The summed E-state index contributed by atoms with van der Waals surface area (Å²) in [6, 6.07) is 0. The van der Waals surface area contributed by atoms with Crippen LogP contribution < -0.4 is 0 Å². The van der Waals surface area contributed by atoms with Crippen LogP contribution in [0, 0.1) is 0 Å². The van der Waals surface area contributed by atoms with Crippen LogP contribution in [0.2, 0.25) is 0 Å². The lowest BCUT2D eigenvalue weighted by Gasteiger charge is -2.21. The first-order valence-corrected chi connectivity index (χ1v) is 31.9. The number of carbonyl (C=O) groups excluding carboxylic acids is 3. The summed E-state index contributed by atoms with van der Waals surface area (Å²) < 4.78 is 39.5.